The molecule has 15 N–H and O–H groups in total. The highest BCUT2D eigenvalue weighted by molar-refractivity contribution is 6.19. The number of nitrogens with one attached hydrogen (secondary N) is 9. The fourth-order valence-electron chi connectivity index (χ4n) is 13.2. The van der Waals surface area contributed by atoms with Crippen LogP contribution in [0.1, 0.15) is 222 Å². The van der Waals surface area contributed by atoms with E-state index in [2.05, 4.69) is 47.9 Å². The van der Waals surface area contributed by atoms with Crippen LogP contribution >= 0.6 is 0 Å². The molecule has 674 valence electrons. The van der Waals surface area contributed by atoms with E-state index in [0.29, 0.717) is 33.4 Å². The summed E-state index contributed by atoms with van der Waals surface area (Å²) < 4.78 is 33.1. The number of alkyl carbamates (subject to hydrolysis) is 6. The number of ether oxygens (including phenoxy) is 6. The lowest BCUT2D eigenvalue weighted by Gasteiger charge is -2.32. The van der Waals surface area contributed by atoms with Crippen LogP contribution < -0.4 is 65.1 Å². The lowest BCUT2D eigenvalue weighted by atomic mass is 9.82. The number of rotatable bonds is 39. The molecule has 0 aliphatic carbocycles. The maximum absolute atomic E-state index is 15.3. The molecule has 0 radical (unpaired) electrons. The van der Waals surface area contributed by atoms with E-state index in [1.165, 1.54) is 0 Å². The Morgan fingerprint density at radius 1 is 0.274 bits per heavy atom. The van der Waals surface area contributed by atoms with Crippen LogP contribution in [0.4, 0.5) is 45.8 Å². The molecule has 0 aliphatic rings. The molecule has 6 atom stereocenters. The quantitative estimate of drug-likeness (QED) is 0.00738. The first-order valence-electron chi connectivity index (χ1n) is 42.0. The number of amides is 9. The van der Waals surface area contributed by atoms with Gasteiger partial charge in [-0.05, 0) is 271 Å². The minimum Gasteiger partial charge on any atom is -0.444 e. The van der Waals surface area contributed by atoms with Gasteiger partial charge in [-0.2, -0.15) is 0 Å². The Morgan fingerprint density at radius 2 is 0.476 bits per heavy atom. The van der Waals surface area contributed by atoms with Crippen LogP contribution in [-0.2, 0) is 76.5 Å². The summed E-state index contributed by atoms with van der Waals surface area (Å²) in [6, 6.07) is 42.3. The van der Waals surface area contributed by atoms with Gasteiger partial charge in [0.15, 0.2) is 34.0 Å². The second kappa shape index (κ2) is 44.5. The molecule has 6 aromatic rings. The van der Waals surface area contributed by atoms with Gasteiger partial charge in [0.2, 0.25) is 0 Å². The molecule has 30 nitrogen and oxygen atoms in total. The molecule has 0 aliphatic heterocycles. The molecule has 30 heteroatoms. The van der Waals surface area contributed by atoms with Gasteiger partial charge >= 0.3 is 36.6 Å². The van der Waals surface area contributed by atoms with Gasteiger partial charge in [-0.1, -0.05) is 127 Å². The van der Waals surface area contributed by atoms with E-state index in [0.717, 1.165) is 0 Å². The smallest absolute Gasteiger partial charge is 0.408 e. The number of carbonyl (C=O) groups is 12. The van der Waals surface area contributed by atoms with Crippen molar-refractivity contribution in [3.05, 3.63) is 197 Å². The van der Waals surface area contributed by atoms with E-state index in [4.69, 9.17) is 45.6 Å². The van der Waals surface area contributed by atoms with Gasteiger partial charge in [0, 0.05) is 42.6 Å². The summed E-state index contributed by atoms with van der Waals surface area (Å²) in [4.78, 5) is 170. The minimum absolute atomic E-state index is 0.0749. The molecule has 6 rings (SSSR count). The SMILES string of the molecule is CC(C)(C)OC(=O)NCCCC[C@](N)(C(=O)Nc1ccc(C(c2ccc(NC(=O)[C@@](N)(CCCCNC(=O)OC(C)(C)C)C(=O)[C@H](Cc3ccccc3)NC(=O)OC(C)(C)C)cc2)c2ccc(NC(=O)[C@@](N)(CCCCNC(=O)OC(C)(C)C)C(=O)[C@H](Cc3ccccc3)NC(=O)OC(C)(C)C)cc2)cc1)C(=O)[C@H](Cc1ccccc1)NC(=O)OC(C)(C)C. The lowest BCUT2D eigenvalue weighted by molar-refractivity contribution is -0.136. The van der Waals surface area contributed by atoms with Gasteiger partial charge in [-0.3, -0.25) is 28.8 Å². The third-order valence-corrected chi connectivity index (χ3v) is 18.9. The summed E-state index contributed by atoms with van der Waals surface area (Å²) >= 11 is 0. The first-order chi connectivity index (χ1) is 57.7. The second-order valence-corrected chi connectivity index (χ2v) is 37.0. The summed E-state index contributed by atoms with van der Waals surface area (Å²) in [6.45, 7) is 30.8. The van der Waals surface area contributed by atoms with Crippen molar-refractivity contribution in [2.45, 2.75) is 276 Å². The summed E-state index contributed by atoms with van der Waals surface area (Å²) in [5.74, 6) is -6.00. The normalized spacial score (nSPS) is 14.1. The van der Waals surface area contributed by atoms with Crippen molar-refractivity contribution in [3.8, 4) is 0 Å². The number of Topliss-reactive ketones (excluding diaryl/α,β-unsaturated/α-hetero) is 3. The van der Waals surface area contributed by atoms with Gasteiger partial charge in [-0.15, -0.1) is 0 Å². The zero-order valence-electron chi connectivity index (χ0n) is 75.1. The van der Waals surface area contributed by atoms with E-state index in [1.807, 2.05) is 0 Å². The van der Waals surface area contributed by atoms with E-state index in [-0.39, 0.29) is 114 Å². The van der Waals surface area contributed by atoms with Crippen LogP contribution in [-0.4, -0.2) is 160 Å². The Balaban J connectivity index is 1.45. The van der Waals surface area contributed by atoms with Crippen molar-refractivity contribution in [1.82, 2.24) is 31.9 Å². The standard InChI is InChI=1S/C94H130N12O18/c1-86(2,3)119-80(113)98-55-31-28-52-92(95,74(107)70(58-61-34-22-19-23-35-61)104-83(116)122-89(10,11)12)77(110)101-67-46-40-64(41-47-67)73(65-42-48-68(49-43-65)102-78(111)93(96,53-29-32-56-99-81(114)120-87(4,5)6)75(108)71(59-62-36-24-20-25-37-62)105-84(117)123-90(13,14)15)66-44-50-69(51-45-66)103-79(112)94(97,54-30-33-57-100-82(115)121-88(7,8)9)76(109)72(60-63-38-26-21-27-39-63)106-85(118)124-91(16,17)18/h19-27,34-51,70-73H,28-33,52-60,95-97H2,1-18H3,(H,98,113)(H,99,114)(H,100,115)(H,101,110)(H,102,111)(H,103,112)(H,104,116)(H,105,117)(H,106,118)/t70-,71-,72-,92+,93+,94+/m0/s1. The Kier molecular flexibility index (Phi) is 36.3. The van der Waals surface area contributed by atoms with Crippen LogP contribution in [0.5, 0.6) is 0 Å². The summed E-state index contributed by atoms with van der Waals surface area (Å²) in [5.41, 5.74) is 13.4. The zero-order chi connectivity index (χ0) is 92.2. The number of carbonyl (C=O) groups excluding carboxylic acids is 12. The van der Waals surface area contributed by atoms with E-state index in [9.17, 15) is 28.8 Å². The highest BCUT2D eigenvalue weighted by Crippen LogP contribution is 2.36. The summed E-state index contributed by atoms with van der Waals surface area (Å²) in [5, 5.41) is 24.7. The zero-order valence-corrected chi connectivity index (χ0v) is 75.1. The molecule has 0 unspecified atom stereocenters. The highest BCUT2D eigenvalue weighted by Gasteiger charge is 2.49. The Bertz CT molecular complexity index is 4110. The number of unbranched alkanes of at least 4 members (excludes halogenated alkanes) is 3. The van der Waals surface area contributed by atoms with Gasteiger partial charge < -0.3 is 93.5 Å². The molecule has 6 aromatic carbocycles. The summed E-state index contributed by atoms with van der Waals surface area (Å²) in [7, 11) is 0. The second-order valence-electron chi connectivity index (χ2n) is 37.0. The van der Waals surface area contributed by atoms with Crippen LogP contribution in [0, 0.1) is 0 Å². The first kappa shape index (κ1) is 101. The fraction of sp³-hybridized carbons (Fsp3) is 0.489. The minimum atomic E-state index is -2.33. The number of hydrogen-bond acceptors (Lipinski definition) is 21. The van der Waals surface area contributed by atoms with Gasteiger partial charge in [0.05, 0.1) is 18.1 Å². The maximum Gasteiger partial charge on any atom is 0.408 e. The maximum atomic E-state index is 15.3. The Morgan fingerprint density at radius 3 is 0.677 bits per heavy atom. The molecule has 0 saturated heterocycles. The predicted molar refractivity (Wildman–Crippen MR) is 476 cm³/mol. The van der Waals surface area contributed by atoms with Gasteiger partial charge in [-0.25, -0.2) is 28.8 Å². The van der Waals surface area contributed by atoms with E-state index < -0.39 is 146 Å². The van der Waals surface area contributed by atoms with Crippen molar-refractivity contribution in [1.29, 1.82) is 0 Å². The van der Waals surface area contributed by atoms with E-state index in [1.54, 1.807) is 288 Å². The Labute approximate surface area is 728 Å². The Hall–Kier alpha value is -11.8. The van der Waals surface area contributed by atoms with Crippen LogP contribution in [0.15, 0.2) is 164 Å². The molecule has 9 amide bonds. The van der Waals surface area contributed by atoms with Crippen molar-refractivity contribution < 1.29 is 86.0 Å². The average molecular weight is 1720 g/mol. The number of nitrogens with two attached hydrogens (primary N) is 3. The topological polar surface area (TPSA) is 447 Å². The van der Waals surface area contributed by atoms with Crippen LogP contribution in [0.3, 0.4) is 0 Å². The molecule has 0 fully saturated rings. The molecule has 0 spiro atoms. The van der Waals surface area contributed by atoms with E-state index >= 15 is 28.8 Å². The number of hydrogen-bond donors (Lipinski definition) is 12. The molecule has 0 saturated carbocycles. The summed E-state index contributed by atoms with van der Waals surface area (Å²) in [6.07, 6.45) is -4.59. The van der Waals surface area contributed by atoms with Crippen molar-refractivity contribution >= 4 is 88.7 Å². The lowest BCUT2D eigenvalue weighted by Crippen LogP contribution is -2.63. The fourth-order valence-corrected chi connectivity index (χ4v) is 13.2. The average Bonchev–Trinajstić information content (AvgIpc) is 0.961. The number of ketones is 3. The monoisotopic (exact) mass is 1710 g/mol. The predicted octanol–water partition coefficient (Wildman–Crippen LogP) is 14.0. The molecule has 0 heterocycles. The highest BCUT2D eigenvalue weighted by atomic mass is 16.6. The number of anilines is 3. The van der Waals surface area contributed by atoms with Crippen molar-refractivity contribution in [2.75, 3.05) is 35.6 Å². The molecular weight excluding hydrogens is 1590 g/mol. The molecule has 124 heavy (non-hydrogen) atoms. The van der Waals surface area contributed by atoms with Gasteiger partial charge in [0.1, 0.15) is 33.6 Å². The largest absolute Gasteiger partial charge is 0.444 e. The number of benzene rings is 6. The molecular formula is C94H130N12O18. The van der Waals surface area contributed by atoms with Crippen molar-refractivity contribution in [3.63, 3.8) is 0 Å². The first-order valence-corrected chi connectivity index (χ1v) is 42.0. The molecule has 0 aromatic heterocycles. The third-order valence-electron chi connectivity index (χ3n) is 18.9. The third kappa shape index (κ3) is 34.5. The van der Waals surface area contributed by atoms with Crippen LogP contribution in [0.2, 0.25) is 0 Å². The van der Waals surface area contributed by atoms with Crippen LogP contribution in [0.25, 0.3) is 0 Å². The van der Waals surface area contributed by atoms with Gasteiger partial charge in [0.25, 0.3) is 17.7 Å². The van der Waals surface area contributed by atoms with Crippen molar-refractivity contribution in [2.24, 2.45) is 17.2 Å². The molecule has 0 bridgehead atoms.